The number of rotatable bonds is 3. The van der Waals surface area contributed by atoms with Gasteiger partial charge in [-0.1, -0.05) is 25.3 Å². The molecular weight excluding hydrogens is 263 g/mol. The molecule has 1 aliphatic heterocycles. The fourth-order valence-corrected chi connectivity index (χ4v) is 4.09. The number of nitrogens with zero attached hydrogens (tertiary/aromatic N) is 1. The van der Waals surface area contributed by atoms with E-state index in [2.05, 4.69) is 17.1 Å². The van der Waals surface area contributed by atoms with Crippen molar-refractivity contribution in [3.05, 3.63) is 35.1 Å². The normalized spacial score (nSPS) is 23.1. The van der Waals surface area contributed by atoms with Crippen molar-refractivity contribution in [1.29, 1.82) is 0 Å². The van der Waals surface area contributed by atoms with Crippen LogP contribution in [0.4, 0.5) is 4.39 Å². The second kappa shape index (κ2) is 6.89. The van der Waals surface area contributed by atoms with Crippen molar-refractivity contribution in [1.82, 2.24) is 10.2 Å². The number of benzene rings is 1. The summed E-state index contributed by atoms with van der Waals surface area (Å²) in [5.41, 5.74) is 2.47. The van der Waals surface area contributed by atoms with Gasteiger partial charge in [-0.2, -0.15) is 0 Å². The van der Waals surface area contributed by atoms with E-state index in [1.54, 1.807) is 12.1 Å². The number of hydrogen-bond donors (Lipinski definition) is 1. The molecule has 1 atom stereocenters. The second-order valence-corrected chi connectivity index (χ2v) is 6.63. The Morgan fingerprint density at radius 3 is 2.57 bits per heavy atom. The maximum atomic E-state index is 13.8. The minimum atomic E-state index is -0.0912. The van der Waals surface area contributed by atoms with E-state index in [9.17, 15) is 4.39 Å². The Morgan fingerprint density at radius 2 is 1.86 bits per heavy atom. The minimum Gasteiger partial charge on any atom is -0.314 e. The Labute approximate surface area is 127 Å². The molecule has 2 fully saturated rings. The van der Waals surface area contributed by atoms with Crippen LogP contribution in [0.25, 0.3) is 0 Å². The highest BCUT2D eigenvalue weighted by molar-refractivity contribution is 5.30. The van der Waals surface area contributed by atoms with Gasteiger partial charge in [0.1, 0.15) is 5.82 Å². The van der Waals surface area contributed by atoms with E-state index in [0.29, 0.717) is 12.0 Å². The molecule has 0 unspecified atom stereocenters. The lowest BCUT2D eigenvalue weighted by Gasteiger charge is -2.41. The molecule has 21 heavy (non-hydrogen) atoms. The summed E-state index contributed by atoms with van der Waals surface area (Å²) < 4.78 is 13.8. The van der Waals surface area contributed by atoms with Gasteiger partial charge in [-0.15, -0.1) is 0 Å². The van der Waals surface area contributed by atoms with Gasteiger partial charge in [-0.25, -0.2) is 4.39 Å². The smallest absolute Gasteiger partial charge is 0.123 e. The first-order valence-corrected chi connectivity index (χ1v) is 8.46. The first-order valence-electron chi connectivity index (χ1n) is 8.46. The van der Waals surface area contributed by atoms with Crippen LogP contribution in [0.3, 0.4) is 0 Å². The summed E-state index contributed by atoms with van der Waals surface area (Å²) in [5.74, 6) is 0.601. The highest BCUT2D eigenvalue weighted by Gasteiger charge is 2.31. The van der Waals surface area contributed by atoms with Gasteiger partial charge >= 0.3 is 0 Å². The van der Waals surface area contributed by atoms with Gasteiger partial charge in [0, 0.05) is 32.2 Å². The van der Waals surface area contributed by atoms with Crippen molar-refractivity contribution >= 4 is 0 Å². The molecule has 1 saturated heterocycles. The monoisotopic (exact) mass is 290 g/mol. The zero-order valence-corrected chi connectivity index (χ0v) is 13.1. The lowest BCUT2D eigenvalue weighted by Crippen LogP contribution is -2.47. The molecule has 3 rings (SSSR count). The molecule has 1 saturated carbocycles. The predicted octanol–water partition coefficient (Wildman–Crippen LogP) is 3.66. The Kier molecular flexibility index (Phi) is 4.91. The van der Waals surface area contributed by atoms with E-state index in [-0.39, 0.29) is 5.82 Å². The molecule has 2 nitrogen and oxygen atoms in total. The zero-order chi connectivity index (χ0) is 14.7. The van der Waals surface area contributed by atoms with E-state index in [0.717, 1.165) is 26.2 Å². The number of halogens is 1. The van der Waals surface area contributed by atoms with Gasteiger partial charge in [-0.05, 0) is 48.9 Å². The molecule has 0 amide bonds. The van der Waals surface area contributed by atoms with Gasteiger partial charge in [0.15, 0.2) is 0 Å². The molecule has 1 N–H and O–H groups in total. The van der Waals surface area contributed by atoms with Gasteiger partial charge < -0.3 is 5.32 Å². The molecule has 0 radical (unpaired) electrons. The summed E-state index contributed by atoms with van der Waals surface area (Å²) in [5, 5.41) is 3.43. The summed E-state index contributed by atoms with van der Waals surface area (Å²) >= 11 is 0. The molecule has 116 valence electrons. The lowest BCUT2D eigenvalue weighted by molar-refractivity contribution is 0.103. The number of aryl methyl sites for hydroxylation is 1. The van der Waals surface area contributed by atoms with Gasteiger partial charge in [0.2, 0.25) is 0 Å². The van der Waals surface area contributed by atoms with E-state index in [4.69, 9.17) is 0 Å². The third-order valence-electron chi connectivity index (χ3n) is 5.20. The zero-order valence-electron chi connectivity index (χ0n) is 13.1. The molecule has 3 heteroatoms. The first kappa shape index (κ1) is 15.0. The van der Waals surface area contributed by atoms with Crippen molar-refractivity contribution in [3.8, 4) is 0 Å². The minimum absolute atomic E-state index is 0.0912. The molecular formula is C18H27FN2. The van der Waals surface area contributed by atoms with Crippen LogP contribution in [0.2, 0.25) is 0 Å². The van der Waals surface area contributed by atoms with Crippen LogP contribution in [-0.4, -0.2) is 31.1 Å². The quantitative estimate of drug-likeness (QED) is 0.914. The maximum Gasteiger partial charge on any atom is 0.123 e. The topological polar surface area (TPSA) is 15.3 Å². The Hall–Kier alpha value is -0.930. The summed E-state index contributed by atoms with van der Waals surface area (Å²) in [6.45, 7) is 6.40. The molecule has 0 aromatic heterocycles. The van der Waals surface area contributed by atoms with Crippen LogP contribution in [0, 0.1) is 18.7 Å². The van der Waals surface area contributed by atoms with Crippen LogP contribution in [0.15, 0.2) is 18.2 Å². The second-order valence-electron chi connectivity index (χ2n) is 6.63. The van der Waals surface area contributed by atoms with Crippen LogP contribution in [-0.2, 0) is 0 Å². The summed E-state index contributed by atoms with van der Waals surface area (Å²) in [6.07, 6.45) is 6.63. The van der Waals surface area contributed by atoms with Crippen LogP contribution >= 0.6 is 0 Å². The highest BCUT2D eigenvalue weighted by atomic mass is 19.1. The average Bonchev–Trinajstić information content (AvgIpc) is 2.53. The Morgan fingerprint density at radius 1 is 1.14 bits per heavy atom. The highest BCUT2D eigenvalue weighted by Crippen LogP contribution is 2.39. The van der Waals surface area contributed by atoms with Gasteiger partial charge in [0.05, 0.1) is 0 Å². The maximum absolute atomic E-state index is 13.8. The number of piperazine rings is 1. The third-order valence-corrected chi connectivity index (χ3v) is 5.20. The number of hydrogen-bond acceptors (Lipinski definition) is 2. The van der Waals surface area contributed by atoms with Crippen molar-refractivity contribution in [2.75, 3.05) is 26.2 Å². The first-order chi connectivity index (χ1) is 10.3. The summed E-state index contributed by atoms with van der Waals surface area (Å²) in [7, 11) is 0. The predicted molar refractivity (Wildman–Crippen MR) is 84.9 cm³/mol. The number of nitrogens with one attached hydrogen (secondary N) is 1. The molecule has 2 aliphatic rings. The van der Waals surface area contributed by atoms with Crippen LogP contribution in [0.5, 0.6) is 0 Å². The average molecular weight is 290 g/mol. The Balaban J connectivity index is 1.91. The SMILES string of the molecule is Cc1ccc(F)cc1[C@H](C1CCCCC1)N1CCNCC1. The fraction of sp³-hybridized carbons (Fsp3) is 0.667. The van der Waals surface area contributed by atoms with Crippen molar-refractivity contribution in [2.45, 2.75) is 45.1 Å². The molecule has 1 aromatic rings. The fourth-order valence-electron chi connectivity index (χ4n) is 4.09. The van der Waals surface area contributed by atoms with Crippen LogP contribution in [0.1, 0.15) is 49.3 Å². The lowest BCUT2D eigenvalue weighted by atomic mass is 9.79. The Bertz CT molecular complexity index is 444. The molecule has 1 heterocycles. The van der Waals surface area contributed by atoms with E-state index >= 15 is 0 Å². The van der Waals surface area contributed by atoms with Crippen LogP contribution < -0.4 is 5.32 Å². The van der Waals surface area contributed by atoms with Crippen molar-refractivity contribution < 1.29 is 4.39 Å². The van der Waals surface area contributed by atoms with E-state index < -0.39 is 0 Å². The van der Waals surface area contributed by atoms with Crippen molar-refractivity contribution in [2.24, 2.45) is 5.92 Å². The van der Waals surface area contributed by atoms with E-state index in [1.165, 1.54) is 43.2 Å². The molecule has 0 bridgehead atoms. The standard InChI is InChI=1S/C18H27FN2/c1-14-7-8-16(19)13-17(14)18(15-5-3-2-4-6-15)21-11-9-20-10-12-21/h7-8,13,15,18,20H,2-6,9-12H2,1H3/t18-/m0/s1. The molecule has 1 aliphatic carbocycles. The summed E-state index contributed by atoms with van der Waals surface area (Å²) in [6, 6.07) is 5.73. The van der Waals surface area contributed by atoms with Gasteiger partial charge in [0.25, 0.3) is 0 Å². The van der Waals surface area contributed by atoms with Crippen molar-refractivity contribution in [3.63, 3.8) is 0 Å². The molecule has 1 aromatic carbocycles. The third kappa shape index (κ3) is 3.46. The van der Waals surface area contributed by atoms with Gasteiger partial charge in [-0.3, -0.25) is 4.90 Å². The van der Waals surface area contributed by atoms with E-state index in [1.807, 2.05) is 6.07 Å². The summed E-state index contributed by atoms with van der Waals surface area (Å²) in [4.78, 5) is 2.59. The largest absolute Gasteiger partial charge is 0.314 e. The molecule has 0 spiro atoms.